The van der Waals surface area contributed by atoms with E-state index in [1.54, 1.807) is 12.1 Å². The highest BCUT2D eigenvalue weighted by molar-refractivity contribution is 5.85. The summed E-state index contributed by atoms with van der Waals surface area (Å²) in [5.41, 5.74) is 0.669. The fourth-order valence-corrected chi connectivity index (χ4v) is 1.79. The number of rotatable bonds is 6. The number of aldehydes is 1. The van der Waals surface area contributed by atoms with Gasteiger partial charge in [0, 0.05) is 19.2 Å². The van der Waals surface area contributed by atoms with Crippen molar-refractivity contribution in [1.82, 2.24) is 0 Å². The summed E-state index contributed by atoms with van der Waals surface area (Å²) in [6.45, 7) is 4.61. The molecular weight excluding hydrogens is 221 g/mol. The first-order chi connectivity index (χ1) is 8.11. The molecule has 0 aliphatic heterocycles. The number of aliphatic hydroxyl groups is 1. The highest BCUT2D eigenvalue weighted by Crippen LogP contribution is 2.23. The van der Waals surface area contributed by atoms with Gasteiger partial charge in [-0.1, -0.05) is 6.07 Å². The summed E-state index contributed by atoms with van der Waals surface area (Å²) in [4.78, 5) is 12.9. The molecule has 0 saturated carbocycles. The van der Waals surface area contributed by atoms with Crippen molar-refractivity contribution in [3.8, 4) is 0 Å². The zero-order valence-corrected chi connectivity index (χ0v) is 10.2. The number of nitrogens with zero attached hydrogens (tertiary/aromatic N) is 1. The number of hydrogen-bond acceptors (Lipinski definition) is 3. The van der Waals surface area contributed by atoms with E-state index in [0.29, 0.717) is 24.9 Å². The lowest BCUT2D eigenvalue weighted by molar-refractivity contribution is 0.112. The van der Waals surface area contributed by atoms with E-state index in [1.165, 1.54) is 6.07 Å². The fourth-order valence-electron chi connectivity index (χ4n) is 1.79. The maximum Gasteiger partial charge on any atom is 0.155 e. The van der Waals surface area contributed by atoms with Crippen LogP contribution in [0.2, 0.25) is 0 Å². The number of benzene rings is 1. The molecule has 0 aromatic heterocycles. The second kappa shape index (κ2) is 6.35. The van der Waals surface area contributed by atoms with Crippen LogP contribution in [0.5, 0.6) is 0 Å². The zero-order valence-electron chi connectivity index (χ0n) is 10.2. The van der Waals surface area contributed by atoms with Crippen LogP contribution < -0.4 is 4.90 Å². The third-order valence-corrected chi connectivity index (χ3v) is 2.64. The standard InChI is InChI=1S/C13H18FNO2/c1-10(2)15(7-4-8-16)13-6-3-5-12(14)11(13)9-17/h3,5-6,9-10,16H,4,7-8H2,1-2H3. The molecule has 0 bridgehead atoms. The molecule has 94 valence electrons. The van der Waals surface area contributed by atoms with E-state index < -0.39 is 5.82 Å². The van der Waals surface area contributed by atoms with Crippen molar-refractivity contribution in [3.63, 3.8) is 0 Å². The Bertz CT molecular complexity index is 380. The monoisotopic (exact) mass is 239 g/mol. The smallest absolute Gasteiger partial charge is 0.155 e. The van der Waals surface area contributed by atoms with Gasteiger partial charge in [-0.3, -0.25) is 4.79 Å². The van der Waals surface area contributed by atoms with E-state index in [9.17, 15) is 9.18 Å². The van der Waals surface area contributed by atoms with Gasteiger partial charge in [-0.2, -0.15) is 0 Å². The van der Waals surface area contributed by atoms with Crippen molar-refractivity contribution in [2.75, 3.05) is 18.1 Å². The van der Waals surface area contributed by atoms with Crippen LogP contribution in [0.1, 0.15) is 30.6 Å². The van der Waals surface area contributed by atoms with Crippen LogP contribution in [0.15, 0.2) is 18.2 Å². The SMILES string of the molecule is CC(C)N(CCCO)c1cccc(F)c1C=O. The second-order valence-corrected chi connectivity index (χ2v) is 4.15. The van der Waals surface area contributed by atoms with E-state index in [0.717, 1.165) is 0 Å². The van der Waals surface area contributed by atoms with Gasteiger partial charge in [-0.25, -0.2) is 4.39 Å². The minimum atomic E-state index is -0.507. The average molecular weight is 239 g/mol. The quantitative estimate of drug-likeness (QED) is 0.774. The number of hydrogen-bond donors (Lipinski definition) is 1. The summed E-state index contributed by atoms with van der Waals surface area (Å²) in [5.74, 6) is -0.507. The lowest BCUT2D eigenvalue weighted by Crippen LogP contribution is -2.33. The Kier molecular flexibility index (Phi) is 5.10. The Morgan fingerprint density at radius 3 is 2.71 bits per heavy atom. The molecule has 1 aromatic carbocycles. The number of carbonyl (C=O) groups is 1. The second-order valence-electron chi connectivity index (χ2n) is 4.15. The van der Waals surface area contributed by atoms with Crippen LogP contribution >= 0.6 is 0 Å². The minimum absolute atomic E-state index is 0.0783. The third kappa shape index (κ3) is 3.27. The predicted octanol–water partition coefficient (Wildman–Crippen LogP) is 2.24. The maximum absolute atomic E-state index is 13.5. The Labute approximate surface area is 101 Å². The largest absolute Gasteiger partial charge is 0.396 e. The van der Waals surface area contributed by atoms with Crippen molar-refractivity contribution in [2.45, 2.75) is 26.3 Å². The van der Waals surface area contributed by atoms with E-state index in [4.69, 9.17) is 5.11 Å². The van der Waals surface area contributed by atoms with Gasteiger partial charge in [-0.15, -0.1) is 0 Å². The highest BCUT2D eigenvalue weighted by Gasteiger charge is 2.16. The summed E-state index contributed by atoms with van der Waals surface area (Å²) in [5, 5.41) is 8.85. The molecule has 1 N–H and O–H groups in total. The summed E-state index contributed by atoms with van der Waals surface area (Å²) >= 11 is 0. The third-order valence-electron chi connectivity index (χ3n) is 2.64. The fraction of sp³-hybridized carbons (Fsp3) is 0.462. The molecule has 1 rings (SSSR count). The van der Waals surface area contributed by atoms with Gasteiger partial charge in [-0.05, 0) is 32.4 Å². The molecule has 0 spiro atoms. The van der Waals surface area contributed by atoms with Gasteiger partial charge in [0.15, 0.2) is 6.29 Å². The van der Waals surface area contributed by atoms with Crippen LogP contribution in [0.25, 0.3) is 0 Å². The first-order valence-electron chi connectivity index (χ1n) is 5.73. The minimum Gasteiger partial charge on any atom is -0.396 e. The molecule has 0 amide bonds. The van der Waals surface area contributed by atoms with Gasteiger partial charge in [0.1, 0.15) is 5.82 Å². The molecule has 17 heavy (non-hydrogen) atoms. The maximum atomic E-state index is 13.5. The van der Waals surface area contributed by atoms with Crippen molar-refractivity contribution in [2.24, 2.45) is 0 Å². The molecule has 0 radical (unpaired) electrons. The number of anilines is 1. The van der Waals surface area contributed by atoms with Gasteiger partial charge in [0.25, 0.3) is 0 Å². The molecule has 0 aliphatic carbocycles. The Morgan fingerprint density at radius 2 is 2.18 bits per heavy atom. The molecule has 0 saturated heterocycles. The van der Waals surface area contributed by atoms with E-state index in [-0.39, 0.29) is 18.2 Å². The molecule has 1 aromatic rings. The molecular formula is C13H18FNO2. The molecule has 0 aliphatic rings. The van der Waals surface area contributed by atoms with Gasteiger partial charge < -0.3 is 10.0 Å². The lowest BCUT2D eigenvalue weighted by Gasteiger charge is -2.30. The van der Waals surface area contributed by atoms with E-state index in [1.807, 2.05) is 18.7 Å². The summed E-state index contributed by atoms with van der Waals surface area (Å²) in [7, 11) is 0. The number of aliphatic hydroxyl groups excluding tert-OH is 1. The molecule has 0 heterocycles. The van der Waals surface area contributed by atoms with E-state index >= 15 is 0 Å². The number of carbonyl (C=O) groups excluding carboxylic acids is 1. The Balaban J connectivity index is 3.09. The van der Waals surface area contributed by atoms with Crippen LogP contribution in [0.4, 0.5) is 10.1 Å². The lowest BCUT2D eigenvalue weighted by atomic mass is 10.1. The highest BCUT2D eigenvalue weighted by atomic mass is 19.1. The normalized spacial score (nSPS) is 10.6. The molecule has 0 atom stereocenters. The number of halogens is 1. The van der Waals surface area contributed by atoms with Gasteiger partial charge >= 0.3 is 0 Å². The van der Waals surface area contributed by atoms with Crippen LogP contribution in [-0.4, -0.2) is 30.6 Å². The molecule has 3 nitrogen and oxygen atoms in total. The average Bonchev–Trinajstić information content (AvgIpc) is 2.29. The topological polar surface area (TPSA) is 40.5 Å². The summed E-state index contributed by atoms with van der Waals surface area (Å²) in [6.07, 6.45) is 1.13. The van der Waals surface area contributed by atoms with Crippen molar-refractivity contribution >= 4 is 12.0 Å². The van der Waals surface area contributed by atoms with Crippen molar-refractivity contribution in [1.29, 1.82) is 0 Å². The molecule has 4 heteroatoms. The predicted molar refractivity (Wildman–Crippen MR) is 66.0 cm³/mol. The molecule has 0 fully saturated rings. The van der Waals surface area contributed by atoms with Crippen molar-refractivity contribution in [3.05, 3.63) is 29.6 Å². The summed E-state index contributed by atoms with van der Waals surface area (Å²) in [6, 6.07) is 4.73. The van der Waals surface area contributed by atoms with Gasteiger partial charge in [0.2, 0.25) is 0 Å². The first-order valence-corrected chi connectivity index (χ1v) is 5.73. The molecule has 0 unspecified atom stereocenters. The summed E-state index contributed by atoms with van der Waals surface area (Å²) < 4.78 is 13.5. The Hall–Kier alpha value is -1.42. The van der Waals surface area contributed by atoms with Crippen molar-refractivity contribution < 1.29 is 14.3 Å². The van der Waals surface area contributed by atoms with E-state index in [2.05, 4.69) is 0 Å². The Morgan fingerprint density at radius 1 is 1.47 bits per heavy atom. The van der Waals surface area contributed by atoms with Gasteiger partial charge in [0.05, 0.1) is 11.3 Å². The first kappa shape index (κ1) is 13.6. The van der Waals surface area contributed by atoms with Crippen LogP contribution in [0, 0.1) is 5.82 Å². The zero-order chi connectivity index (χ0) is 12.8. The van der Waals surface area contributed by atoms with Crippen LogP contribution in [-0.2, 0) is 0 Å². The van der Waals surface area contributed by atoms with Crippen LogP contribution in [0.3, 0.4) is 0 Å².